The van der Waals surface area contributed by atoms with Gasteiger partial charge in [0.1, 0.15) is 5.67 Å². The number of aromatic nitrogens is 2. The number of carbonyl (C=O) groups excluding carboxylic acids is 1. The fourth-order valence-electron chi connectivity index (χ4n) is 3.14. The van der Waals surface area contributed by atoms with Crippen molar-refractivity contribution < 1.29 is 26.7 Å². The summed E-state index contributed by atoms with van der Waals surface area (Å²) in [6.07, 6.45) is -3.40. The van der Waals surface area contributed by atoms with Gasteiger partial charge in [0.25, 0.3) is 0 Å². The zero-order valence-electron chi connectivity index (χ0n) is 16.2. The summed E-state index contributed by atoms with van der Waals surface area (Å²) in [4.78, 5) is 19.2. The Balaban J connectivity index is 1.78. The normalized spacial score (nSPS) is 13.6. The van der Waals surface area contributed by atoms with Gasteiger partial charge in [-0.1, -0.05) is 23.7 Å². The molecule has 0 fully saturated rings. The van der Waals surface area contributed by atoms with Gasteiger partial charge < -0.3 is 0 Å². The number of ketones is 1. The fraction of sp³-hybridized carbons (Fsp3) is 0.227. The summed E-state index contributed by atoms with van der Waals surface area (Å²) in [5.74, 6) is -1.51. The van der Waals surface area contributed by atoms with Crippen molar-refractivity contribution in [2.24, 2.45) is 0 Å². The monoisotopic (exact) mass is 454 g/mol. The summed E-state index contributed by atoms with van der Waals surface area (Å²) in [7, 11) is 0. The number of nitrogens with zero attached hydrogens (tertiary/aromatic N) is 2. The molecule has 1 atom stereocenters. The first-order valence-corrected chi connectivity index (χ1v) is 9.53. The molecule has 9 heteroatoms. The Morgan fingerprint density at radius 2 is 1.74 bits per heavy atom. The van der Waals surface area contributed by atoms with Crippen LogP contribution in [0.25, 0.3) is 11.1 Å². The van der Waals surface area contributed by atoms with Crippen LogP contribution in [0.3, 0.4) is 0 Å². The third-order valence-electron chi connectivity index (χ3n) is 4.79. The van der Waals surface area contributed by atoms with E-state index >= 15 is 4.39 Å². The van der Waals surface area contributed by atoms with Crippen molar-refractivity contribution in [1.29, 1.82) is 0 Å². The number of hydrogen-bond donors (Lipinski definition) is 0. The molecule has 0 aliphatic heterocycles. The van der Waals surface area contributed by atoms with Crippen LogP contribution in [0, 0.1) is 5.95 Å². The number of alkyl halides is 4. The zero-order valence-corrected chi connectivity index (χ0v) is 16.9. The third-order valence-corrected chi connectivity index (χ3v) is 5.10. The van der Waals surface area contributed by atoms with Gasteiger partial charge in [-0.05, 0) is 49.2 Å². The van der Waals surface area contributed by atoms with E-state index in [9.17, 15) is 22.4 Å². The van der Waals surface area contributed by atoms with Crippen molar-refractivity contribution in [2.75, 3.05) is 0 Å². The molecule has 3 aromatic rings. The van der Waals surface area contributed by atoms with Crippen LogP contribution in [0.15, 0.2) is 54.9 Å². The Morgan fingerprint density at radius 1 is 1.03 bits per heavy atom. The molecule has 3 nitrogen and oxygen atoms in total. The lowest BCUT2D eigenvalue weighted by molar-refractivity contribution is -0.141. The van der Waals surface area contributed by atoms with Gasteiger partial charge in [0.05, 0.1) is 0 Å². The van der Waals surface area contributed by atoms with Crippen molar-refractivity contribution in [1.82, 2.24) is 9.97 Å². The molecule has 0 radical (unpaired) electrons. The number of pyridine rings is 2. The largest absolute Gasteiger partial charge is 0.434 e. The fourth-order valence-corrected chi connectivity index (χ4v) is 3.52. The van der Waals surface area contributed by atoms with Crippen molar-refractivity contribution >= 4 is 17.4 Å². The average Bonchev–Trinajstić information content (AvgIpc) is 2.71. The molecule has 0 spiro atoms. The quantitative estimate of drug-likeness (QED) is 0.233. The van der Waals surface area contributed by atoms with Crippen LogP contribution < -0.4 is 0 Å². The number of halogens is 6. The Hall–Kier alpha value is -2.87. The lowest BCUT2D eigenvalue weighted by atomic mass is 9.89. The molecule has 0 aliphatic carbocycles. The van der Waals surface area contributed by atoms with E-state index in [0.717, 1.165) is 12.3 Å². The highest BCUT2D eigenvalue weighted by molar-refractivity contribution is 6.31. The first-order valence-electron chi connectivity index (χ1n) is 9.15. The highest BCUT2D eigenvalue weighted by Gasteiger charge is 2.37. The predicted octanol–water partition coefficient (Wildman–Crippen LogP) is 6.80. The number of benzene rings is 1. The molecular formula is C22H16ClF5N2O. The Kier molecular flexibility index (Phi) is 6.40. The minimum absolute atomic E-state index is 0.0663. The molecular weight excluding hydrogens is 439 g/mol. The number of carbonyl (C=O) groups is 1. The van der Waals surface area contributed by atoms with Crippen LogP contribution >= 0.6 is 11.6 Å². The van der Waals surface area contributed by atoms with Crippen LogP contribution in [0.4, 0.5) is 22.0 Å². The standard InChI is InChI=1S/C22H16ClF5N2O/c1-21(25,9-8-18(31)15-3-2-10-29-20(15)22(26,27)28)16-6-4-13(11-17(16)23)14-5-7-19(24)30-12-14/h2-7,10-12H,8-9H2,1H3. The van der Waals surface area contributed by atoms with Crippen LogP contribution in [-0.2, 0) is 11.8 Å². The molecule has 0 bridgehead atoms. The summed E-state index contributed by atoms with van der Waals surface area (Å²) in [6, 6.07) is 9.38. The summed E-state index contributed by atoms with van der Waals surface area (Å²) in [6.45, 7) is 1.20. The lowest BCUT2D eigenvalue weighted by Crippen LogP contribution is -2.20. The number of rotatable bonds is 6. The van der Waals surface area contributed by atoms with E-state index in [1.807, 2.05) is 0 Å². The minimum Gasteiger partial charge on any atom is -0.294 e. The molecule has 3 rings (SSSR count). The summed E-state index contributed by atoms with van der Waals surface area (Å²) >= 11 is 6.23. The SMILES string of the molecule is CC(F)(CCC(=O)c1cccnc1C(F)(F)F)c1ccc(-c2ccc(F)nc2)cc1Cl. The third kappa shape index (κ3) is 5.25. The van der Waals surface area contributed by atoms with Crippen molar-refractivity contribution in [2.45, 2.75) is 31.6 Å². The second-order valence-electron chi connectivity index (χ2n) is 7.08. The van der Waals surface area contributed by atoms with Gasteiger partial charge in [0.15, 0.2) is 11.5 Å². The van der Waals surface area contributed by atoms with Gasteiger partial charge in [-0.15, -0.1) is 0 Å². The summed E-state index contributed by atoms with van der Waals surface area (Å²) in [5.41, 5.74) is -2.73. The molecule has 0 saturated heterocycles. The Labute approximate surface area is 179 Å². The molecule has 1 aromatic carbocycles. The molecule has 2 heterocycles. The highest BCUT2D eigenvalue weighted by atomic mass is 35.5. The smallest absolute Gasteiger partial charge is 0.294 e. The van der Waals surface area contributed by atoms with E-state index in [2.05, 4.69) is 9.97 Å². The van der Waals surface area contributed by atoms with Crippen LogP contribution in [-0.4, -0.2) is 15.8 Å². The van der Waals surface area contributed by atoms with Crippen molar-refractivity contribution in [3.8, 4) is 11.1 Å². The maximum Gasteiger partial charge on any atom is 0.434 e. The van der Waals surface area contributed by atoms with Gasteiger partial charge in [0, 0.05) is 40.5 Å². The van der Waals surface area contributed by atoms with Gasteiger partial charge >= 0.3 is 6.18 Å². The first-order chi connectivity index (χ1) is 14.5. The maximum absolute atomic E-state index is 15.3. The van der Waals surface area contributed by atoms with E-state index < -0.39 is 41.3 Å². The molecule has 31 heavy (non-hydrogen) atoms. The van der Waals surface area contributed by atoms with E-state index in [-0.39, 0.29) is 17.0 Å². The van der Waals surface area contributed by atoms with Gasteiger partial charge in [-0.25, -0.2) is 9.37 Å². The van der Waals surface area contributed by atoms with Crippen molar-refractivity contribution in [3.63, 3.8) is 0 Å². The van der Waals surface area contributed by atoms with Gasteiger partial charge in [-0.2, -0.15) is 17.6 Å². The average molecular weight is 455 g/mol. The predicted molar refractivity (Wildman–Crippen MR) is 106 cm³/mol. The van der Waals surface area contributed by atoms with Crippen molar-refractivity contribution in [3.05, 3.63) is 82.6 Å². The number of Topliss-reactive ketones (excluding diaryl/α,β-unsaturated/α-hetero) is 1. The van der Waals surface area contributed by atoms with Gasteiger partial charge in [-0.3, -0.25) is 9.78 Å². The summed E-state index contributed by atoms with van der Waals surface area (Å²) in [5, 5.41) is 0.0663. The van der Waals surface area contributed by atoms with Crippen LogP contribution in [0.1, 0.15) is 41.4 Å². The van der Waals surface area contributed by atoms with Gasteiger partial charge in [0.2, 0.25) is 5.95 Å². The molecule has 0 N–H and O–H groups in total. The highest BCUT2D eigenvalue weighted by Crippen LogP contribution is 2.38. The lowest BCUT2D eigenvalue weighted by Gasteiger charge is -2.22. The van der Waals surface area contributed by atoms with E-state index in [0.29, 0.717) is 11.1 Å². The maximum atomic E-state index is 15.3. The second kappa shape index (κ2) is 8.70. The molecule has 0 aliphatic rings. The molecule has 0 amide bonds. The summed E-state index contributed by atoms with van der Waals surface area (Å²) < 4.78 is 67.5. The van der Waals surface area contributed by atoms with E-state index in [1.54, 1.807) is 6.07 Å². The number of hydrogen-bond acceptors (Lipinski definition) is 3. The van der Waals surface area contributed by atoms with E-state index in [1.165, 1.54) is 43.5 Å². The second-order valence-corrected chi connectivity index (χ2v) is 7.49. The van der Waals surface area contributed by atoms with Crippen LogP contribution in [0.5, 0.6) is 0 Å². The topological polar surface area (TPSA) is 42.9 Å². The Bertz CT molecular complexity index is 1100. The molecule has 162 valence electrons. The molecule has 0 saturated carbocycles. The Morgan fingerprint density at radius 3 is 2.35 bits per heavy atom. The minimum atomic E-state index is -4.79. The molecule has 1 unspecified atom stereocenters. The van der Waals surface area contributed by atoms with Crippen LogP contribution in [0.2, 0.25) is 5.02 Å². The zero-order chi connectivity index (χ0) is 22.8. The molecule has 2 aromatic heterocycles. The first kappa shape index (κ1) is 22.8. The van der Waals surface area contributed by atoms with E-state index in [4.69, 9.17) is 11.6 Å².